The molecule has 2 saturated heterocycles. The molecule has 15 heteroatoms. The Bertz CT molecular complexity index is 2360. The number of benzene rings is 3. The van der Waals surface area contributed by atoms with E-state index in [2.05, 4.69) is 61.7 Å². The molecule has 60 heavy (non-hydrogen) atoms. The van der Waals surface area contributed by atoms with Crippen LogP contribution in [0.4, 0.5) is 5.95 Å². The van der Waals surface area contributed by atoms with Crippen molar-refractivity contribution in [3.05, 3.63) is 124 Å². The molecule has 0 spiro atoms. The Morgan fingerprint density at radius 3 is 2.32 bits per heavy atom. The Morgan fingerprint density at radius 2 is 1.70 bits per heavy atom. The maximum Gasteiger partial charge on any atom is 0.280 e. The van der Waals surface area contributed by atoms with Gasteiger partial charge in [-0.1, -0.05) is 92.0 Å². The summed E-state index contributed by atoms with van der Waals surface area (Å²) in [5.74, 6) is 2.55. The van der Waals surface area contributed by atoms with Crippen molar-refractivity contribution in [1.29, 1.82) is 0 Å². The minimum Gasteiger partial charge on any atom is -0.497 e. The van der Waals surface area contributed by atoms with Crippen LogP contribution in [0.15, 0.2) is 102 Å². The summed E-state index contributed by atoms with van der Waals surface area (Å²) in [6.07, 6.45) is 3.09. The molecule has 2 N–H and O–H groups in total. The summed E-state index contributed by atoms with van der Waals surface area (Å²) < 4.78 is 41.1. The summed E-state index contributed by atoms with van der Waals surface area (Å²) in [6.45, 7) is 13.5. The van der Waals surface area contributed by atoms with Gasteiger partial charge in [-0.3, -0.25) is 14.3 Å². The smallest absolute Gasteiger partial charge is 0.280 e. The first-order chi connectivity index (χ1) is 28.8. The zero-order valence-corrected chi connectivity index (χ0v) is 37.5. The number of aromatic amines is 1. The molecule has 1 saturated carbocycles. The third kappa shape index (κ3) is 8.44. The van der Waals surface area contributed by atoms with Crippen LogP contribution in [-0.2, 0) is 35.9 Å². The lowest BCUT2D eigenvalue weighted by Crippen LogP contribution is -2.39. The van der Waals surface area contributed by atoms with Crippen LogP contribution in [0, 0.1) is 11.8 Å². The van der Waals surface area contributed by atoms with Crippen molar-refractivity contribution in [1.82, 2.24) is 19.5 Å². The zero-order valence-electron chi connectivity index (χ0n) is 35.0. The van der Waals surface area contributed by atoms with Gasteiger partial charge in [-0.05, 0) is 97.7 Å². The molecule has 1 aliphatic carbocycles. The van der Waals surface area contributed by atoms with E-state index in [1.807, 2.05) is 71.3 Å². The topological polar surface area (TPSA) is 131 Å². The number of aromatic nitrogens is 4. The van der Waals surface area contributed by atoms with Gasteiger partial charge in [0.15, 0.2) is 11.2 Å². The summed E-state index contributed by atoms with van der Waals surface area (Å²) in [6, 6.07) is 26.0. The van der Waals surface area contributed by atoms with E-state index in [1.54, 1.807) is 31.9 Å². The third-order valence-corrected chi connectivity index (χ3v) is 17.7. The van der Waals surface area contributed by atoms with Gasteiger partial charge in [0, 0.05) is 17.7 Å². The number of nitrogens with one attached hydrogen (secondary N) is 2. The van der Waals surface area contributed by atoms with Crippen molar-refractivity contribution in [3.8, 4) is 11.5 Å². The molecule has 3 aliphatic rings. The van der Waals surface area contributed by atoms with Crippen LogP contribution in [0.5, 0.6) is 11.5 Å². The second-order valence-electron chi connectivity index (χ2n) is 16.6. The molecule has 0 radical (unpaired) electrons. The summed E-state index contributed by atoms with van der Waals surface area (Å²) in [4.78, 5) is 25.4. The Labute approximate surface area is 360 Å². The van der Waals surface area contributed by atoms with Crippen molar-refractivity contribution in [2.45, 2.75) is 88.3 Å². The molecule has 0 unspecified atom stereocenters. The highest BCUT2D eigenvalue weighted by Gasteiger charge is 2.55. The van der Waals surface area contributed by atoms with Gasteiger partial charge in [0.1, 0.15) is 29.4 Å². The second kappa shape index (κ2) is 17.4. The predicted molar refractivity (Wildman–Crippen MR) is 240 cm³/mol. The normalized spacial score (nSPS) is 26.6. The molecule has 0 amide bonds. The maximum absolute atomic E-state index is 13.2. The number of hydrogen-bond acceptors (Lipinski definition) is 12. The first kappa shape index (κ1) is 42.7. The van der Waals surface area contributed by atoms with E-state index >= 15 is 0 Å². The largest absolute Gasteiger partial charge is 0.497 e. The number of imidazole rings is 1. The monoisotopic (exact) mass is 871 g/mol. The quantitative estimate of drug-likeness (QED) is 0.0591. The molecular weight excluding hydrogens is 818 g/mol. The van der Waals surface area contributed by atoms with Crippen molar-refractivity contribution in [3.63, 3.8) is 0 Å². The molecule has 3 aromatic carbocycles. The number of anilines is 1. The van der Waals surface area contributed by atoms with Crippen LogP contribution in [0.25, 0.3) is 11.2 Å². The third-order valence-electron chi connectivity index (χ3n) is 11.9. The van der Waals surface area contributed by atoms with Crippen molar-refractivity contribution < 1.29 is 28.0 Å². The Kier molecular flexibility index (Phi) is 12.4. The van der Waals surface area contributed by atoms with Crippen molar-refractivity contribution in [2.75, 3.05) is 32.7 Å². The number of H-pyrrole nitrogens is 1. The zero-order chi connectivity index (χ0) is 42.2. The second-order valence-corrected chi connectivity index (χ2v) is 23.2. The first-order valence-corrected chi connectivity index (χ1v) is 24.6. The highest BCUT2D eigenvalue weighted by Crippen LogP contribution is 2.76. The van der Waals surface area contributed by atoms with Gasteiger partial charge < -0.3 is 33.3 Å². The molecule has 0 bridgehead atoms. The van der Waals surface area contributed by atoms with Crippen LogP contribution >= 0.6 is 17.1 Å². The molecule has 2 aliphatic heterocycles. The van der Waals surface area contributed by atoms with E-state index in [-0.39, 0.29) is 28.5 Å². The molecule has 5 aromatic rings. The lowest BCUT2D eigenvalue weighted by Gasteiger charge is -2.37. The fourth-order valence-corrected chi connectivity index (χ4v) is 16.1. The highest BCUT2D eigenvalue weighted by atomic mass is 32.9. The molecule has 12 nitrogen and oxygen atoms in total. The maximum atomic E-state index is 13.2. The van der Waals surface area contributed by atoms with Gasteiger partial charge in [0.2, 0.25) is 11.6 Å². The number of ether oxygens (including phenoxy) is 4. The highest BCUT2D eigenvalue weighted by molar-refractivity contribution is 8.68. The molecule has 8 rings (SSSR count). The van der Waals surface area contributed by atoms with E-state index in [0.29, 0.717) is 36.4 Å². The summed E-state index contributed by atoms with van der Waals surface area (Å²) in [5.41, 5.74) is 0.198. The molecule has 318 valence electrons. The summed E-state index contributed by atoms with van der Waals surface area (Å²) in [7, 11) is 3.31. The SMILES string of the molecule is C=C(C)[C@@H]1CC[C@]2(C)S[P@](=S)(O[C@H]3C[C@H](n4cnc5c(=O)[nH]c(NCC(C)C)nc54)O[C@@H]3COC(c3ccccc3)(c3ccc(OC)cc3)c3ccc(OC)cc3)O[C@H]2C1. The van der Waals surface area contributed by atoms with Gasteiger partial charge in [-0.15, -0.1) is 0 Å². The average Bonchev–Trinajstić information content (AvgIpc) is 3.93. The van der Waals surface area contributed by atoms with Crippen LogP contribution < -0.4 is 20.3 Å². The van der Waals surface area contributed by atoms with Gasteiger partial charge >= 0.3 is 0 Å². The molecule has 7 atom stereocenters. The van der Waals surface area contributed by atoms with Gasteiger partial charge in [-0.2, -0.15) is 4.98 Å². The lowest BCUT2D eigenvalue weighted by atomic mass is 9.77. The summed E-state index contributed by atoms with van der Waals surface area (Å²) in [5, 5.41) is 3.25. The van der Waals surface area contributed by atoms with Crippen LogP contribution in [0.1, 0.15) is 76.3 Å². The van der Waals surface area contributed by atoms with E-state index < -0.39 is 29.7 Å². The minimum atomic E-state index is -2.87. The fourth-order valence-electron chi connectivity index (χ4n) is 8.53. The average molecular weight is 872 g/mol. The van der Waals surface area contributed by atoms with Crippen LogP contribution in [-0.4, -0.2) is 69.9 Å². The summed E-state index contributed by atoms with van der Waals surface area (Å²) >= 11 is 8.07. The first-order valence-electron chi connectivity index (χ1n) is 20.5. The van der Waals surface area contributed by atoms with E-state index in [9.17, 15) is 4.79 Å². The number of allylic oxidation sites excluding steroid dienone is 1. The Morgan fingerprint density at radius 1 is 1.05 bits per heavy atom. The van der Waals surface area contributed by atoms with Gasteiger partial charge in [0.25, 0.3) is 5.56 Å². The van der Waals surface area contributed by atoms with Crippen molar-refractivity contribution in [2.24, 2.45) is 11.8 Å². The van der Waals surface area contributed by atoms with Gasteiger partial charge in [0.05, 0.1) is 39.4 Å². The molecule has 3 fully saturated rings. The molecule has 4 heterocycles. The van der Waals surface area contributed by atoms with E-state index in [0.717, 1.165) is 47.5 Å². The fraction of sp³-hybridized carbons (Fsp3) is 0.444. The number of rotatable bonds is 15. The number of hydrogen-bond donors (Lipinski definition) is 2. The standard InChI is InChI=1S/C45H54N5O7PS2/c1-28(2)25-46-43-48-41-40(42(51)49-43)47-27-50(41)39-24-36(56-58(59)57-38-23-30(29(3)4)21-22-44(38,5)60-58)37(55-39)26-54-45(31-11-9-8-10-12-31,32-13-17-34(52-6)18-14-32)33-15-19-35(53-7)20-16-33/h8-20,27-28,30,36-39H,3,21-26H2,1-2,4-7H3,(H2,46,48,49,51)/t30-,36+,37-,38+,39-,44+,58-/m1/s1. The minimum absolute atomic E-state index is 0.0437. The molecule has 2 aromatic heterocycles. The van der Waals surface area contributed by atoms with Crippen LogP contribution in [0.3, 0.4) is 0 Å². The van der Waals surface area contributed by atoms with E-state index in [4.69, 9.17) is 44.8 Å². The lowest BCUT2D eigenvalue weighted by molar-refractivity contribution is -0.0903. The number of fused-ring (bicyclic) bond motifs is 2. The predicted octanol–water partition coefficient (Wildman–Crippen LogP) is 9.38. The number of methoxy groups -OCH3 is 2. The van der Waals surface area contributed by atoms with Gasteiger partial charge in [-0.25, -0.2) is 4.98 Å². The number of nitrogens with zero attached hydrogens (tertiary/aromatic N) is 3. The van der Waals surface area contributed by atoms with Crippen LogP contribution in [0.2, 0.25) is 0 Å². The van der Waals surface area contributed by atoms with Crippen molar-refractivity contribution >= 4 is 46.0 Å². The Hall–Kier alpha value is -4.01. The van der Waals surface area contributed by atoms with E-state index in [1.165, 1.54) is 5.57 Å². The Balaban J connectivity index is 1.18. The molecular formula is C45H54N5O7PS2.